The molecule has 0 bridgehead atoms. The van der Waals surface area contributed by atoms with Gasteiger partial charge in [-0.2, -0.15) is 0 Å². The molecule has 0 spiro atoms. The summed E-state index contributed by atoms with van der Waals surface area (Å²) in [4.78, 5) is 23.7. The molecule has 2 N–H and O–H groups in total. The Labute approximate surface area is 129 Å². The first-order valence-corrected chi connectivity index (χ1v) is 7.34. The third kappa shape index (κ3) is 4.22. The largest absolute Gasteiger partial charge is 0.472 e. The van der Waals surface area contributed by atoms with Crippen molar-refractivity contribution in [3.8, 4) is 0 Å². The molecular weight excluding hydrogens is 280 g/mol. The van der Waals surface area contributed by atoms with Crippen molar-refractivity contribution in [1.29, 1.82) is 0 Å². The molecule has 1 aromatic carbocycles. The lowest BCUT2D eigenvalue weighted by atomic mass is 10.1. The van der Waals surface area contributed by atoms with E-state index in [9.17, 15) is 9.59 Å². The Morgan fingerprint density at radius 1 is 1.18 bits per heavy atom. The number of benzene rings is 1. The van der Waals surface area contributed by atoms with E-state index in [2.05, 4.69) is 17.6 Å². The number of rotatable bonds is 6. The van der Waals surface area contributed by atoms with Crippen LogP contribution in [0.3, 0.4) is 0 Å². The number of hydrogen-bond acceptors (Lipinski definition) is 3. The minimum atomic E-state index is -0.229. The van der Waals surface area contributed by atoms with Crippen LogP contribution in [0.15, 0.2) is 41.2 Å². The number of amides is 2. The molecule has 1 heterocycles. The molecule has 0 radical (unpaired) electrons. The van der Waals surface area contributed by atoms with Crippen LogP contribution in [0.2, 0.25) is 0 Å². The quantitative estimate of drug-likeness (QED) is 0.848. The first-order valence-electron chi connectivity index (χ1n) is 7.34. The van der Waals surface area contributed by atoms with Crippen LogP contribution in [0.1, 0.15) is 42.1 Å². The second-order valence-corrected chi connectivity index (χ2v) is 5.15. The fourth-order valence-corrected chi connectivity index (χ4v) is 2.03. The molecule has 2 aromatic rings. The summed E-state index contributed by atoms with van der Waals surface area (Å²) in [6.45, 7) is 3.94. The van der Waals surface area contributed by atoms with Gasteiger partial charge in [-0.1, -0.05) is 13.3 Å². The molecular formula is C17H20N2O3. The fraction of sp³-hybridized carbons (Fsp3) is 0.294. The molecule has 5 heteroatoms. The van der Waals surface area contributed by atoms with E-state index in [4.69, 9.17) is 4.42 Å². The summed E-state index contributed by atoms with van der Waals surface area (Å²) in [5.41, 5.74) is 2.81. The summed E-state index contributed by atoms with van der Waals surface area (Å²) in [6.07, 6.45) is 5.24. The van der Waals surface area contributed by atoms with Gasteiger partial charge < -0.3 is 15.1 Å². The minimum absolute atomic E-state index is 0.0140. The summed E-state index contributed by atoms with van der Waals surface area (Å²) in [5.74, 6) is -0.215. The summed E-state index contributed by atoms with van der Waals surface area (Å²) in [6, 6.07) is 6.99. The zero-order valence-corrected chi connectivity index (χ0v) is 12.8. The predicted octanol–water partition coefficient (Wildman–Crippen LogP) is 3.97. The number of anilines is 2. The van der Waals surface area contributed by atoms with Crippen molar-refractivity contribution in [3.05, 3.63) is 47.9 Å². The Kier molecular flexibility index (Phi) is 5.36. The van der Waals surface area contributed by atoms with Gasteiger partial charge in [-0.15, -0.1) is 0 Å². The molecule has 22 heavy (non-hydrogen) atoms. The maximum Gasteiger partial charge on any atom is 0.258 e. The van der Waals surface area contributed by atoms with Crippen molar-refractivity contribution in [2.24, 2.45) is 0 Å². The number of unbranched alkanes of at least 4 members (excludes halogenated alkanes) is 1. The molecule has 2 rings (SSSR count). The van der Waals surface area contributed by atoms with Crippen LogP contribution < -0.4 is 10.6 Å². The predicted molar refractivity (Wildman–Crippen MR) is 86.0 cm³/mol. The highest BCUT2D eigenvalue weighted by atomic mass is 16.3. The van der Waals surface area contributed by atoms with Gasteiger partial charge in [0.1, 0.15) is 6.26 Å². The van der Waals surface area contributed by atoms with E-state index in [1.54, 1.807) is 18.2 Å². The molecule has 0 saturated carbocycles. The van der Waals surface area contributed by atoms with Crippen LogP contribution in [-0.4, -0.2) is 11.8 Å². The highest BCUT2D eigenvalue weighted by molar-refractivity contribution is 6.04. The number of aryl methyl sites for hydroxylation is 1. The highest BCUT2D eigenvalue weighted by Gasteiger charge is 2.09. The van der Waals surface area contributed by atoms with Gasteiger partial charge in [-0.05, 0) is 43.2 Å². The van der Waals surface area contributed by atoms with E-state index in [1.165, 1.54) is 12.5 Å². The van der Waals surface area contributed by atoms with Gasteiger partial charge in [-0.25, -0.2) is 0 Å². The molecule has 0 aliphatic heterocycles. The van der Waals surface area contributed by atoms with Crippen LogP contribution in [0, 0.1) is 6.92 Å². The van der Waals surface area contributed by atoms with Gasteiger partial charge in [0.2, 0.25) is 5.91 Å². The molecule has 0 saturated heterocycles. The van der Waals surface area contributed by atoms with Crippen LogP contribution >= 0.6 is 0 Å². The Morgan fingerprint density at radius 2 is 2.00 bits per heavy atom. The van der Waals surface area contributed by atoms with E-state index in [0.717, 1.165) is 24.1 Å². The Balaban J connectivity index is 2.00. The van der Waals surface area contributed by atoms with Crippen LogP contribution in [0.5, 0.6) is 0 Å². The smallest absolute Gasteiger partial charge is 0.258 e. The van der Waals surface area contributed by atoms with Gasteiger partial charge in [0, 0.05) is 17.8 Å². The summed E-state index contributed by atoms with van der Waals surface area (Å²) in [5, 5.41) is 5.67. The van der Waals surface area contributed by atoms with Crippen molar-refractivity contribution in [2.75, 3.05) is 10.6 Å². The lowest BCUT2D eigenvalue weighted by molar-refractivity contribution is -0.116. The topological polar surface area (TPSA) is 71.3 Å². The average molecular weight is 300 g/mol. The molecule has 1 aromatic heterocycles. The summed E-state index contributed by atoms with van der Waals surface area (Å²) < 4.78 is 4.88. The number of nitrogens with one attached hydrogen (secondary N) is 2. The van der Waals surface area contributed by atoms with Gasteiger partial charge in [-0.3, -0.25) is 9.59 Å². The van der Waals surface area contributed by atoms with Gasteiger partial charge in [0.25, 0.3) is 5.91 Å². The number of carbonyl (C=O) groups excluding carboxylic acids is 2. The third-order valence-electron chi connectivity index (χ3n) is 3.30. The maximum atomic E-state index is 11.9. The lowest BCUT2D eigenvalue weighted by Crippen LogP contribution is -2.13. The molecule has 5 nitrogen and oxygen atoms in total. The third-order valence-corrected chi connectivity index (χ3v) is 3.30. The standard InChI is InChI=1S/C17H20N2O3/c1-3-4-5-16(20)19-15-7-6-14(10-12(15)2)18-17(21)13-8-9-22-11-13/h6-11H,3-5H2,1-2H3,(H,18,21)(H,19,20). The van der Waals surface area contributed by atoms with E-state index >= 15 is 0 Å². The molecule has 2 amide bonds. The van der Waals surface area contributed by atoms with E-state index in [0.29, 0.717) is 17.7 Å². The molecule has 0 aliphatic carbocycles. The maximum absolute atomic E-state index is 11.9. The van der Waals surface area contributed by atoms with Crippen LogP contribution in [0.4, 0.5) is 11.4 Å². The van der Waals surface area contributed by atoms with Gasteiger partial charge in [0.15, 0.2) is 0 Å². The molecule has 116 valence electrons. The van der Waals surface area contributed by atoms with Gasteiger partial charge in [0.05, 0.1) is 11.8 Å². The average Bonchev–Trinajstić information content (AvgIpc) is 3.02. The van der Waals surface area contributed by atoms with Crippen molar-refractivity contribution in [2.45, 2.75) is 33.1 Å². The Bertz CT molecular complexity index is 648. The zero-order chi connectivity index (χ0) is 15.9. The summed E-state index contributed by atoms with van der Waals surface area (Å²) >= 11 is 0. The highest BCUT2D eigenvalue weighted by Crippen LogP contribution is 2.20. The first-order chi connectivity index (χ1) is 10.6. The van der Waals surface area contributed by atoms with Crippen LogP contribution in [-0.2, 0) is 4.79 Å². The van der Waals surface area contributed by atoms with Crippen molar-refractivity contribution < 1.29 is 14.0 Å². The van der Waals surface area contributed by atoms with Crippen molar-refractivity contribution >= 4 is 23.2 Å². The minimum Gasteiger partial charge on any atom is -0.472 e. The fourth-order valence-electron chi connectivity index (χ4n) is 2.03. The zero-order valence-electron chi connectivity index (χ0n) is 12.8. The lowest BCUT2D eigenvalue weighted by Gasteiger charge is -2.11. The van der Waals surface area contributed by atoms with Gasteiger partial charge >= 0.3 is 0 Å². The van der Waals surface area contributed by atoms with Crippen molar-refractivity contribution in [3.63, 3.8) is 0 Å². The summed E-state index contributed by atoms with van der Waals surface area (Å²) in [7, 11) is 0. The Morgan fingerprint density at radius 3 is 2.64 bits per heavy atom. The van der Waals surface area contributed by atoms with Crippen LogP contribution in [0.25, 0.3) is 0 Å². The molecule has 0 fully saturated rings. The first kappa shape index (κ1) is 15.8. The van der Waals surface area contributed by atoms with E-state index in [-0.39, 0.29) is 11.8 Å². The second-order valence-electron chi connectivity index (χ2n) is 5.15. The number of furan rings is 1. The molecule has 0 aliphatic rings. The normalized spacial score (nSPS) is 10.3. The monoisotopic (exact) mass is 300 g/mol. The van der Waals surface area contributed by atoms with E-state index in [1.807, 2.05) is 13.0 Å². The van der Waals surface area contributed by atoms with Crippen molar-refractivity contribution in [1.82, 2.24) is 0 Å². The van der Waals surface area contributed by atoms with E-state index < -0.39 is 0 Å². The molecule has 0 unspecified atom stereocenters. The Hall–Kier alpha value is -2.56. The SMILES string of the molecule is CCCCC(=O)Nc1ccc(NC(=O)c2ccoc2)cc1C. The second kappa shape index (κ2) is 7.45. The number of hydrogen-bond donors (Lipinski definition) is 2. The molecule has 0 atom stereocenters. The number of carbonyl (C=O) groups is 2.